The van der Waals surface area contributed by atoms with Gasteiger partial charge in [-0.25, -0.2) is 0 Å². The Morgan fingerprint density at radius 1 is 1.17 bits per heavy atom. The van der Waals surface area contributed by atoms with Gasteiger partial charge in [0.1, 0.15) is 5.75 Å². The van der Waals surface area contributed by atoms with Crippen LogP contribution in [0.15, 0.2) is 29.3 Å². The number of nitrogens with zero attached hydrogens (tertiary/aromatic N) is 2. The van der Waals surface area contributed by atoms with Gasteiger partial charge in [-0.3, -0.25) is 9.89 Å². The molecule has 0 amide bonds. The number of aliphatic imine (C=N–C) groups is 1. The molecule has 1 saturated heterocycles. The van der Waals surface area contributed by atoms with Crippen LogP contribution in [0.1, 0.15) is 50.6 Å². The van der Waals surface area contributed by atoms with E-state index in [4.69, 9.17) is 9.47 Å². The van der Waals surface area contributed by atoms with Gasteiger partial charge in [-0.2, -0.15) is 0 Å². The zero-order valence-electron chi connectivity index (χ0n) is 18.4. The molecular formula is C23H38N4O2. The summed E-state index contributed by atoms with van der Waals surface area (Å²) in [4.78, 5) is 7.04. The summed E-state index contributed by atoms with van der Waals surface area (Å²) in [7, 11) is 3.57. The summed E-state index contributed by atoms with van der Waals surface area (Å²) in [5.74, 6) is 1.80. The number of ether oxygens (including phenoxy) is 2. The number of methoxy groups -OCH3 is 1. The highest BCUT2D eigenvalue weighted by molar-refractivity contribution is 5.79. The predicted molar refractivity (Wildman–Crippen MR) is 119 cm³/mol. The molecule has 1 aliphatic heterocycles. The van der Waals surface area contributed by atoms with Crippen molar-refractivity contribution in [2.75, 3.05) is 53.6 Å². The van der Waals surface area contributed by atoms with Crippen molar-refractivity contribution in [3.8, 4) is 5.75 Å². The van der Waals surface area contributed by atoms with Crippen molar-refractivity contribution in [1.82, 2.24) is 15.5 Å². The lowest BCUT2D eigenvalue weighted by Gasteiger charge is -2.29. The molecule has 0 spiro atoms. The molecule has 3 rings (SSSR count). The van der Waals surface area contributed by atoms with Crippen molar-refractivity contribution in [1.29, 1.82) is 0 Å². The fourth-order valence-corrected chi connectivity index (χ4v) is 4.15. The molecule has 1 aromatic carbocycles. The summed E-state index contributed by atoms with van der Waals surface area (Å²) >= 11 is 0. The van der Waals surface area contributed by atoms with E-state index in [1.165, 1.54) is 31.2 Å². The minimum Gasteiger partial charge on any atom is -0.497 e. The van der Waals surface area contributed by atoms with Gasteiger partial charge in [-0.1, -0.05) is 12.1 Å². The fraction of sp³-hybridized carbons (Fsp3) is 0.696. The summed E-state index contributed by atoms with van der Waals surface area (Å²) in [6, 6.07) is 8.83. The van der Waals surface area contributed by atoms with Gasteiger partial charge in [0.15, 0.2) is 5.96 Å². The average Bonchev–Trinajstić information content (AvgIpc) is 3.31. The van der Waals surface area contributed by atoms with Crippen molar-refractivity contribution in [2.24, 2.45) is 10.4 Å². The minimum absolute atomic E-state index is 0.342. The van der Waals surface area contributed by atoms with Gasteiger partial charge in [-0.15, -0.1) is 0 Å². The van der Waals surface area contributed by atoms with E-state index in [9.17, 15) is 0 Å². The Hall–Kier alpha value is -1.79. The molecule has 2 fully saturated rings. The molecule has 2 aliphatic rings. The van der Waals surface area contributed by atoms with Gasteiger partial charge in [0.2, 0.25) is 0 Å². The van der Waals surface area contributed by atoms with E-state index in [0.29, 0.717) is 11.5 Å². The number of nitrogens with one attached hydrogen (secondary N) is 2. The van der Waals surface area contributed by atoms with Crippen LogP contribution in [-0.4, -0.2) is 64.4 Å². The van der Waals surface area contributed by atoms with E-state index in [0.717, 1.165) is 57.5 Å². The Balaban J connectivity index is 1.54. The first-order chi connectivity index (χ1) is 14.2. The monoisotopic (exact) mass is 402 g/mol. The van der Waals surface area contributed by atoms with Crippen molar-refractivity contribution in [3.05, 3.63) is 29.8 Å². The summed E-state index contributed by atoms with van der Waals surface area (Å²) in [6.45, 7) is 7.85. The molecule has 0 aromatic heterocycles. The van der Waals surface area contributed by atoms with Crippen molar-refractivity contribution in [2.45, 2.75) is 45.1 Å². The molecule has 0 bridgehead atoms. The first-order valence-electron chi connectivity index (χ1n) is 11.1. The SMILES string of the molecule is CCOCCC1(CNC(=NC)NCC(c2ccc(OC)cc2)N2CCCC2)CC1. The van der Waals surface area contributed by atoms with Crippen LogP contribution in [0.5, 0.6) is 5.75 Å². The topological polar surface area (TPSA) is 58.1 Å². The highest BCUT2D eigenvalue weighted by Crippen LogP contribution is 2.48. The third-order valence-corrected chi connectivity index (χ3v) is 6.34. The molecule has 1 aromatic rings. The van der Waals surface area contributed by atoms with Crippen LogP contribution in [0.2, 0.25) is 0 Å². The van der Waals surface area contributed by atoms with Crippen molar-refractivity contribution in [3.63, 3.8) is 0 Å². The number of rotatable bonds is 11. The maximum Gasteiger partial charge on any atom is 0.191 e. The van der Waals surface area contributed by atoms with Crippen molar-refractivity contribution >= 4 is 5.96 Å². The second-order valence-corrected chi connectivity index (χ2v) is 8.29. The molecule has 1 atom stereocenters. The predicted octanol–water partition coefficient (Wildman–Crippen LogP) is 3.20. The number of benzene rings is 1. The number of likely N-dealkylation sites (tertiary alicyclic amines) is 1. The van der Waals surface area contributed by atoms with E-state index < -0.39 is 0 Å². The van der Waals surface area contributed by atoms with Crippen LogP contribution in [0.25, 0.3) is 0 Å². The van der Waals surface area contributed by atoms with E-state index in [1.807, 2.05) is 7.05 Å². The zero-order valence-corrected chi connectivity index (χ0v) is 18.4. The Morgan fingerprint density at radius 3 is 2.48 bits per heavy atom. The fourth-order valence-electron chi connectivity index (χ4n) is 4.15. The van der Waals surface area contributed by atoms with E-state index in [-0.39, 0.29) is 0 Å². The second-order valence-electron chi connectivity index (χ2n) is 8.29. The third kappa shape index (κ3) is 6.34. The maximum atomic E-state index is 5.56. The van der Waals surface area contributed by atoms with Gasteiger partial charge < -0.3 is 20.1 Å². The summed E-state index contributed by atoms with van der Waals surface area (Å²) in [5.41, 5.74) is 1.72. The average molecular weight is 403 g/mol. The quantitative estimate of drug-likeness (QED) is 0.338. The molecule has 29 heavy (non-hydrogen) atoms. The Bertz CT molecular complexity index is 637. The van der Waals surface area contributed by atoms with Crippen LogP contribution >= 0.6 is 0 Å². The molecule has 2 N–H and O–H groups in total. The Morgan fingerprint density at radius 2 is 1.90 bits per heavy atom. The van der Waals surface area contributed by atoms with Crippen LogP contribution in [0.4, 0.5) is 0 Å². The second kappa shape index (κ2) is 10.8. The van der Waals surface area contributed by atoms with Crippen LogP contribution < -0.4 is 15.4 Å². The molecule has 6 nitrogen and oxygen atoms in total. The maximum absolute atomic E-state index is 5.56. The van der Waals surface area contributed by atoms with Crippen LogP contribution in [0, 0.1) is 5.41 Å². The smallest absolute Gasteiger partial charge is 0.191 e. The first-order valence-corrected chi connectivity index (χ1v) is 11.1. The lowest BCUT2D eigenvalue weighted by Crippen LogP contribution is -2.44. The lowest BCUT2D eigenvalue weighted by molar-refractivity contribution is 0.128. The van der Waals surface area contributed by atoms with Crippen LogP contribution in [0.3, 0.4) is 0 Å². The lowest BCUT2D eigenvalue weighted by atomic mass is 10.0. The Kier molecular flexibility index (Phi) is 8.19. The van der Waals surface area contributed by atoms with Gasteiger partial charge in [-0.05, 0) is 75.2 Å². The minimum atomic E-state index is 0.342. The Labute approximate surface area is 176 Å². The van der Waals surface area contributed by atoms with Gasteiger partial charge in [0, 0.05) is 33.4 Å². The normalized spacial score (nSPS) is 19.8. The van der Waals surface area contributed by atoms with E-state index in [2.05, 4.69) is 51.7 Å². The first kappa shape index (κ1) is 21.9. The van der Waals surface area contributed by atoms with E-state index in [1.54, 1.807) is 7.11 Å². The summed E-state index contributed by atoms with van der Waals surface area (Å²) < 4.78 is 10.9. The zero-order chi connectivity index (χ0) is 20.5. The molecule has 1 unspecified atom stereocenters. The van der Waals surface area contributed by atoms with E-state index >= 15 is 0 Å². The van der Waals surface area contributed by atoms with Crippen molar-refractivity contribution < 1.29 is 9.47 Å². The summed E-state index contributed by atoms with van der Waals surface area (Å²) in [5, 5.41) is 7.14. The van der Waals surface area contributed by atoms with Crippen LogP contribution in [-0.2, 0) is 4.74 Å². The molecule has 6 heteroatoms. The number of hydrogen-bond donors (Lipinski definition) is 2. The van der Waals surface area contributed by atoms with Gasteiger partial charge >= 0.3 is 0 Å². The standard InChI is InChI=1S/C23H38N4O2/c1-4-29-16-13-23(11-12-23)18-26-22(24-2)25-17-21(27-14-5-6-15-27)19-7-9-20(28-3)10-8-19/h7-10,21H,4-6,11-18H2,1-3H3,(H2,24,25,26). The number of hydrogen-bond acceptors (Lipinski definition) is 4. The highest BCUT2D eigenvalue weighted by Gasteiger charge is 2.42. The third-order valence-electron chi connectivity index (χ3n) is 6.34. The highest BCUT2D eigenvalue weighted by atomic mass is 16.5. The molecule has 1 heterocycles. The molecule has 1 aliphatic carbocycles. The largest absolute Gasteiger partial charge is 0.497 e. The molecular weight excluding hydrogens is 364 g/mol. The van der Waals surface area contributed by atoms with Gasteiger partial charge in [0.25, 0.3) is 0 Å². The van der Waals surface area contributed by atoms with Gasteiger partial charge in [0.05, 0.1) is 13.2 Å². The molecule has 1 saturated carbocycles. The number of guanidine groups is 1. The summed E-state index contributed by atoms with van der Waals surface area (Å²) in [6.07, 6.45) is 6.26. The molecule has 0 radical (unpaired) electrons. The molecule has 162 valence electrons.